The molecule has 0 spiro atoms. The van der Waals surface area contributed by atoms with Crippen LogP contribution in [0.1, 0.15) is 50.5 Å². The molecule has 1 saturated heterocycles. The van der Waals surface area contributed by atoms with Gasteiger partial charge in [-0.3, -0.25) is 4.79 Å². The number of imidazole rings is 1. The number of alkyl carbamates (subject to hydrolysis) is 1. The molecule has 35 heavy (non-hydrogen) atoms. The van der Waals surface area contributed by atoms with Crippen LogP contribution in [0.25, 0.3) is 21.8 Å². The fraction of sp³-hybridized carbons (Fsp3) is 0.444. The SMILES string of the molecule is C#Cc1ccc2c(ccc3[nH]c([C@H](C)N(CCC)C(=O)[C@@H](NC(=O)OC)C4CCOCC4)nc32)c1. The molecule has 0 saturated carbocycles. The van der Waals surface area contributed by atoms with Gasteiger partial charge in [-0.2, -0.15) is 0 Å². The Labute approximate surface area is 205 Å². The van der Waals surface area contributed by atoms with Gasteiger partial charge in [-0.05, 0) is 55.7 Å². The van der Waals surface area contributed by atoms with E-state index in [1.807, 2.05) is 44.2 Å². The monoisotopic (exact) mass is 476 g/mol. The topological polar surface area (TPSA) is 96.6 Å². The first-order chi connectivity index (χ1) is 17.0. The van der Waals surface area contributed by atoms with Crippen molar-refractivity contribution in [2.24, 2.45) is 5.92 Å². The normalized spacial score (nSPS) is 15.9. The van der Waals surface area contributed by atoms with Crippen LogP contribution in [0.5, 0.6) is 0 Å². The van der Waals surface area contributed by atoms with Gasteiger partial charge in [0.05, 0.1) is 24.2 Å². The molecule has 2 amide bonds. The van der Waals surface area contributed by atoms with Crippen molar-refractivity contribution >= 4 is 33.8 Å². The number of ether oxygens (including phenoxy) is 2. The lowest BCUT2D eigenvalue weighted by Crippen LogP contribution is -2.54. The Kier molecular flexibility index (Phi) is 7.57. The Balaban J connectivity index is 1.67. The summed E-state index contributed by atoms with van der Waals surface area (Å²) in [6.45, 7) is 5.66. The maximum Gasteiger partial charge on any atom is 0.407 e. The minimum Gasteiger partial charge on any atom is -0.453 e. The Morgan fingerprint density at radius 3 is 2.77 bits per heavy atom. The number of amides is 2. The molecular weight excluding hydrogens is 444 g/mol. The maximum atomic E-state index is 13.9. The van der Waals surface area contributed by atoms with Crippen molar-refractivity contribution in [2.45, 2.75) is 45.2 Å². The van der Waals surface area contributed by atoms with Crippen LogP contribution in [0.2, 0.25) is 0 Å². The van der Waals surface area contributed by atoms with Gasteiger partial charge in [0.25, 0.3) is 0 Å². The maximum absolute atomic E-state index is 13.9. The van der Waals surface area contributed by atoms with Crippen LogP contribution in [-0.4, -0.2) is 59.8 Å². The number of aromatic amines is 1. The number of hydrogen-bond acceptors (Lipinski definition) is 5. The number of carbonyl (C=O) groups is 2. The van der Waals surface area contributed by atoms with E-state index in [-0.39, 0.29) is 17.9 Å². The molecule has 1 aliphatic rings. The second-order valence-electron chi connectivity index (χ2n) is 8.94. The molecule has 1 fully saturated rings. The van der Waals surface area contributed by atoms with Crippen LogP contribution in [0, 0.1) is 18.3 Å². The van der Waals surface area contributed by atoms with E-state index in [1.165, 1.54) is 7.11 Å². The van der Waals surface area contributed by atoms with Gasteiger partial charge in [0.1, 0.15) is 11.9 Å². The van der Waals surface area contributed by atoms with E-state index in [0.717, 1.165) is 33.8 Å². The quantitative estimate of drug-likeness (QED) is 0.500. The molecule has 0 aliphatic carbocycles. The van der Waals surface area contributed by atoms with Gasteiger partial charge in [0, 0.05) is 30.7 Å². The molecule has 4 rings (SSSR count). The van der Waals surface area contributed by atoms with Crippen molar-refractivity contribution in [1.82, 2.24) is 20.2 Å². The van der Waals surface area contributed by atoms with Gasteiger partial charge in [0.2, 0.25) is 5.91 Å². The molecule has 8 heteroatoms. The molecule has 1 aromatic heterocycles. The number of benzene rings is 2. The summed E-state index contributed by atoms with van der Waals surface area (Å²) >= 11 is 0. The first-order valence-electron chi connectivity index (χ1n) is 12.1. The summed E-state index contributed by atoms with van der Waals surface area (Å²) in [5.74, 6) is 3.20. The third kappa shape index (κ3) is 5.10. The van der Waals surface area contributed by atoms with Gasteiger partial charge in [-0.15, -0.1) is 6.42 Å². The highest BCUT2D eigenvalue weighted by Gasteiger charge is 2.36. The van der Waals surface area contributed by atoms with Crippen molar-refractivity contribution in [3.63, 3.8) is 0 Å². The molecule has 0 unspecified atom stereocenters. The molecule has 8 nitrogen and oxygen atoms in total. The number of methoxy groups -OCH3 is 1. The van der Waals surface area contributed by atoms with Crippen molar-refractivity contribution in [3.05, 3.63) is 41.7 Å². The summed E-state index contributed by atoms with van der Waals surface area (Å²) in [5, 5.41) is 4.80. The number of hydrogen-bond donors (Lipinski definition) is 2. The van der Waals surface area contributed by atoms with Crippen LogP contribution < -0.4 is 5.32 Å². The number of carbonyl (C=O) groups excluding carboxylic acids is 2. The van der Waals surface area contributed by atoms with E-state index in [2.05, 4.69) is 16.2 Å². The second-order valence-corrected chi connectivity index (χ2v) is 8.94. The fourth-order valence-electron chi connectivity index (χ4n) is 4.79. The molecule has 1 aliphatic heterocycles. The van der Waals surface area contributed by atoms with Crippen molar-refractivity contribution < 1.29 is 19.1 Å². The summed E-state index contributed by atoms with van der Waals surface area (Å²) in [4.78, 5) is 36.1. The smallest absolute Gasteiger partial charge is 0.407 e. The highest BCUT2D eigenvalue weighted by molar-refractivity contribution is 6.04. The molecule has 184 valence electrons. The number of rotatable bonds is 7. The average molecular weight is 477 g/mol. The Hall–Kier alpha value is -3.57. The number of nitrogens with zero attached hydrogens (tertiary/aromatic N) is 2. The highest BCUT2D eigenvalue weighted by atomic mass is 16.5. The van der Waals surface area contributed by atoms with Crippen LogP contribution in [0.15, 0.2) is 30.3 Å². The highest BCUT2D eigenvalue weighted by Crippen LogP contribution is 2.29. The van der Waals surface area contributed by atoms with Gasteiger partial charge in [0.15, 0.2) is 0 Å². The zero-order chi connectivity index (χ0) is 24.9. The summed E-state index contributed by atoms with van der Waals surface area (Å²) < 4.78 is 10.3. The third-order valence-electron chi connectivity index (χ3n) is 6.73. The Bertz CT molecular complexity index is 1260. The van der Waals surface area contributed by atoms with Gasteiger partial charge < -0.3 is 24.7 Å². The van der Waals surface area contributed by atoms with Crippen LogP contribution in [0.4, 0.5) is 4.79 Å². The first-order valence-corrected chi connectivity index (χ1v) is 12.1. The van der Waals surface area contributed by atoms with Gasteiger partial charge >= 0.3 is 6.09 Å². The van der Waals surface area contributed by atoms with Crippen LogP contribution >= 0.6 is 0 Å². The molecular formula is C27H32N4O4. The number of terminal acetylenes is 1. The molecule has 0 bridgehead atoms. The van der Waals surface area contributed by atoms with E-state index in [0.29, 0.717) is 38.4 Å². The second kappa shape index (κ2) is 10.8. The predicted molar refractivity (Wildman–Crippen MR) is 135 cm³/mol. The number of nitrogens with one attached hydrogen (secondary N) is 2. The van der Waals surface area contributed by atoms with Crippen LogP contribution in [0.3, 0.4) is 0 Å². The number of fused-ring (bicyclic) bond motifs is 3. The zero-order valence-corrected chi connectivity index (χ0v) is 20.5. The lowest BCUT2D eigenvalue weighted by molar-refractivity contribution is -0.138. The third-order valence-corrected chi connectivity index (χ3v) is 6.73. The number of aromatic nitrogens is 2. The molecule has 3 aromatic rings. The van der Waals surface area contributed by atoms with Gasteiger partial charge in [-0.1, -0.05) is 25.0 Å². The van der Waals surface area contributed by atoms with Gasteiger partial charge in [-0.25, -0.2) is 9.78 Å². The summed E-state index contributed by atoms with van der Waals surface area (Å²) in [6.07, 6.45) is 7.11. The Morgan fingerprint density at radius 2 is 2.09 bits per heavy atom. The predicted octanol–water partition coefficient (Wildman–Crippen LogP) is 4.15. The molecule has 0 radical (unpaired) electrons. The summed E-state index contributed by atoms with van der Waals surface area (Å²) in [7, 11) is 1.30. The molecule has 2 aromatic carbocycles. The van der Waals surface area contributed by atoms with Crippen molar-refractivity contribution in [1.29, 1.82) is 0 Å². The average Bonchev–Trinajstić information content (AvgIpc) is 3.34. The fourth-order valence-corrected chi connectivity index (χ4v) is 4.79. The number of H-pyrrole nitrogens is 1. The zero-order valence-electron chi connectivity index (χ0n) is 20.5. The lowest BCUT2D eigenvalue weighted by Gasteiger charge is -2.36. The standard InChI is InChI=1S/C27H32N4O4/c1-5-13-31(26(32)23(30-27(33)34-4)19-11-14-35-15-12-19)17(3)25-28-22-10-8-20-16-18(6-2)7-9-21(20)24(22)29-25/h2,7-10,16-17,19,23H,5,11-15H2,1,3-4H3,(H,28,29)(H,30,33)/t17-,23-/m0/s1. The summed E-state index contributed by atoms with van der Waals surface area (Å²) in [6, 6.07) is 8.85. The van der Waals surface area contributed by atoms with E-state index >= 15 is 0 Å². The van der Waals surface area contributed by atoms with E-state index in [9.17, 15) is 9.59 Å². The minimum absolute atomic E-state index is 0.0214. The molecule has 2 heterocycles. The molecule has 2 atom stereocenters. The van der Waals surface area contributed by atoms with E-state index < -0.39 is 12.1 Å². The summed E-state index contributed by atoms with van der Waals surface area (Å²) in [5.41, 5.74) is 2.55. The van der Waals surface area contributed by atoms with Crippen molar-refractivity contribution in [3.8, 4) is 12.3 Å². The molecule has 2 N–H and O–H groups in total. The minimum atomic E-state index is -0.687. The van der Waals surface area contributed by atoms with Crippen molar-refractivity contribution in [2.75, 3.05) is 26.9 Å². The van der Waals surface area contributed by atoms with Crippen LogP contribution in [-0.2, 0) is 14.3 Å². The Morgan fingerprint density at radius 1 is 1.31 bits per heavy atom. The van der Waals surface area contributed by atoms with E-state index in [1.54, 1.807) is 4.90 Å². The largest absolute Gasteiger partial charge is 0.453 e. The lowest BCUT2D eigenvalue weighted by atomic mass is 9.90. The van der Waals surface area contributed by atoms with E-state index in [4.69, 9.17) is 20.9 Å². The first kappa shape index (κ1) is 24.6.